The van der Waals surface area contributed by atoms with Crippen LogP contribution in [0.25, 0.3) is 11.4 Å². The molecule has 6 nitrogen and oxygen atoms in total. The molecule has 21 heavy (non-hydrogen) atoms. The van der Waals surface area contributed by atoms with Crippen LogP contribution in [0, 0.1) is 0 Å². The molecule has 3 aromatic heterocycles. The SMILES string of the molecule is O=CO.c1cc(Cn2ccnc2-c2ccncc2)ccn1. The molecule has 0 aliphatic heterocycles. The second-order valence-electron chi connectivity index (χ2n) is 4.08. The van der Waals surface area contributed by atoms with Crippen molar-refractivity contribution in [3.05, 3.63) is 67.0 Å². The predicted octanol–water partition coefficient (Wildman–Crippen LogP) is 2.09. The van der Waals surface area contributed by atoms with E-state index >= 15 is 0 Å². The fourth-order valence-corrected chi connectivity index (χ4v) is 1.88. The summed E-state index contributed by atoms with van der Waals surface area (Å²) in [4.78, 5) is 20.8. The lowest BCUT2D eigenvalue weighted by Gasteiger charge is -2.07. The molecule has 0 radical (unpaired) electrons. The number of hydrogen-bond donors (Lipinski definition) is 1. The van der Waals surface area contributed by atoms with Gasteiger partial charge in [-0.1, -0.05) is 0 Å². The molecule has 3 rings (SSSR count). The molecule has 0 aliphatic carbocycles. The Hall–Kier alpha value is -3.02. The predicted molar refractivity (Wildman–Crippen MR) is 77.5 cm³/mol. The molecule has 6 heteroatoms. The molecule has 0 aromatic carbocycles. The van der Waals surface area contributed by atoms with E-state index in [2.05, 4.69) is 19.5 Å². The first-order valence-corrected chi connectivity index (χ1v) is 6.23. The number of nitrogens with zero attached hydrogens (tertiary/aromatic N) is 4. The van der Waals surface area contributed by atoms with Gasteiger partial charge >= 0.3 is 0 Å². The molecule has 0 saturated heterocycles. The molecule has 0 fully saturated rings. The molecule has 1 N–H and O–H groups in total. The molecule has 106 valence electrons. The zero-order valence-corrected chi connectivity index (χ0v) is 11.2. The lowest BCUT2D eigenvalue weighted by molar-refractivity contribution is -0.122. The summed E-state index contributed by atoms with van der Waals surface area (Å²) in [6, 6.07) is 7.95. The third-order valence-corrected chi connectivity index (χ3v) is 2.76. The highest BCUT2D eigenvalue weighted by atomic mass is 16.3. The van der Waals surface area contributed by atoms with E-state index in [4.69, 9.17) is 9.90 Å². The molecular weight excluding hydrogens is 268 g/mol. The first kappa shape index (κ1) is 14.4. The third kappa shape index (κ3) is 3.97. The molecular formula is C15H14N4O2. The molecule has 0 unspecified atom stereocenters. The third-order valence-electron chi connectivity index (χ3n) is 2.76. The molecule has 0 atom stereocenters. The highest BCUT2D eigenvalue weighted by Gasteiger charge is 2.05. The second-order valence-corrected chi connectivity index (χ2v) is 4.08. The maximum atomic E-state index is 8.36. The topological polar surface area (TPSA) is 80.9 Å². The summed E-state index contributed by atoms with van der Waals surface area (Å²) < 4.78 is 2.12. The monoisotopic (exact) mass is 282 g/mol. The lowest BCUT2D eigenvalue weighted by Crippen LogP contribution is -2.01. The Balaban J connectivity index is 0.000000497. The number of rotatable bonds is 3. The lowest BCUT2D eigenvalue weighted by atomic mass is 10.2. The Morgan fingerprint density at radius 2 is 1.57 bits per heavy atom. The summed E-state index contributed by atoms with van der Waals surface area (Å²) in [7, 11) is 0. The summed E-state index contributed by atoms with van der Waals surface area (Å²) in [5, 5.41) is 6.89. The van der Waals surface area contributed by atoms with Crippen molar-refractivity contribution >= 4 is 6.47 Å². The van der Waals surface area contributed by atoms with Crippen LogP contribution in [0.3, 0.4) is 0 Å². The van der Waals surface area contributed by atoms with Crippen molar-refractivity contribution in [1.29, 1.82) is 0 Å². The van der Waals surface area contributed by atoms with Gasteiger partial charge in [0, 0.05) is 49.3 Å². The average molecular weight is 282 g/mol. The molecule has 0 amide bonds. The van der Waals surface area contributed by atoms with Crippen LogP contribution in [0.4, 0.5) is 0 Å². The zero-order chi connectivity index (χ0) is 14.9. The van der Waals surface area contributed by atoms with Gasteiger partial charge in [-0.15, -0.1) is 0 Å². The zero-order valence-electron chi connectivity index (χ0n) is 11.2. The maximum absolute atomic E-state index is 8.36. The second kappa shape index (κ2) is 7.54. The van der Waals surface area contributed by atoms with E-state index in [9.17, 15) is 0 Å². The molecule has 0 spiro atoms. The first-order valence-electron chi connectivity index (χ1n) is 6.23. The van der Waals surface area contributed by atoms with E-state index in [0.29, 0.717) is 0 Å². The van der Waals surface area contributed by atoms with Gasteiger partial charge in [-0.05, 0) is 29.8 Å². The van der Waals surface area contributed by atoms with Gasteiger partial charge in [-0.25, -0.2) is 4.98 Å². The van der Waals surface area contributed by atoms with Gasteiger partial charge in [0.2, 0.25) is 0 Å². The van der Waals surface area contributed by atoms with Crippen LogP contribution in [0.15, 0.2) is 61.4 Å². The summed E-state index contributed by atoms with van der Waals surface area (Å²) in [5.74, 6) is 0.953. The Morgan fingerprint density at radius 3 is 2.19 bits per heavy atom. The van der Waals surface area contributed by atoms with Crippen LogP contribution in [0.5, 0.6) is 0 Å². The fraction of sp³-hybridized carbons (Fsp3) is 0.0667. The number of carboxylic acid groups (broad SMARTS) is 1. The van der Waals surface area contributed by atoms with E-state index in [1.807, 2.05) is 36.7 Å². The normalized spacial score (nSPS) is 9.52. The van der Waals surface area contributed by atoms with Crippen molar-refractivity contribution in [3.8, 4) is 11.4 Å². The van der Waals surface area contributed by atoms with Gasteiger partial charge in [0.15, 0.2) is 0 Å². The Morgan fingerprint density at radius 1 is 1.00 bits per heavy atom. The fourth-order valence-electron chi connectivity index (χ4n) is 1.88. The van der Waals surface area contributed by atoms with Gasteiger partial charge in [0.1, 0.15) is 5.82 Å². The Kier molecular flexibility index (Phi) is 5.17. The van der Waals surface area contributed by atoms with Crippen LogP contribution in [0.1, 0.15) is 5.56 Å². The Labute approximate surface area is 121 Å². The van der Waals surface area contributed by atoms with E-state index in [-0.39, 0.29) is 6.47 Å². The van der Waals surface area contributed by atoms with Gasteiger partial charge in [0.25, 0.3) is 6.47 Å². The van der Waals surface area contributed by atoms with Crippen LogP contribution in [0.2, 0.25) is 0 Å². The standard InChI is InChI=1S/C14H12N4.CH2O2/c1-5-15-6-2-12(1)11-18-10-9-17-14(18)13-3-7-16-8-4-13;2-1-3/h1-10H,11H2;1H,(H,2,3). The van der Waals surface area contributed by atoms with Crippen LogP contribution in [-0.4, -0.2) is 31.1 Å². The molecule has 3 aromatic rings. The summed E-state index contributed by atoms with van der Waals surface area (Å²) in [5.41, 5.74) is 2.28. The largest absolute Gasteiger partial charge is 0.483 e. The minimum atomic E-state index is -0.250. The molecule has 0 bridgehead atoms. The van der Waals surface area contributed by atoms with Crippen LogP contribution < -0.4 is 0 Å². The minimum absolute atomic E-state index is 0.250. The van der Waals surface area contributed by atoms with Gasteiger partial charge in [0.05, 0.1) is 0 Å². The number of aromatic nitrogens is 4. The van der Waals surface area contributed by atoms with Crippen molar-refractivity contribution in [3.63, 3.8) is 0 Å². The van der Waals surface area contributed by atoms with E-state index in [0.717, 1.165) is 17.9 Å². The number of hydrogen-bond acceptors (Lipinski definition) is 4. The van der Waals surface area contributed by atoms with Gasteiger partial charge in [-0.2, -0.15) is 0 Å². The highest BCUT2D eigenvalue weighted by molar-refractivity contribution is 5.54. The number of imidazole rings is 1. The van der Waals surface area contributed by atoms with E-state index in [1.165, 1.54) is 5.56 Å². The van der Waals surface area contributed by atoms with Crippen molar-refractivity contribution in [2.24, 2.45) is 0 Å². The van der Waals surface area contributed by atoms with Gasteiger partial charge < -0.3 is 9.67 Å². The first-order chi connectivity index (χ1) is 10.3. The number of pyridine rings is 2. The molecule has 0 aliphatic rings. The summed E-state index contributed by atoms with van der Waals surface area (Å²) >= 11 is 0. The average Bonchev–Trinajstić information content (AvgIpc) is 2.98. The minimum Gasteiger partial charge on any atom is -0.483 e. The Bertz CT molecular complexity index is 668. The van der Waals surface area contributed by atoms with E-state index in [1.54, 1.807) is 24.8 Å². The maximum Gasteiger partial charge on any atom is 0.290 e. The van der Waals surface area contributed by atoms with Crippen molar-refractivity contribution in [2.45, 2.75) is 6.54 Å². The smallest absolute Gasteiger partial charge is 0.290 e. The van der Waals surface area contributed by atoms with Crippen molar-refractivity contribution in [1.82, 2.24) is 19.5 Å². The quantitative estimate of drug-likeness (QED) is 0.744. The summed E-state index contributed by atoms with van der Waals surface area (Å²) in [6.07, 6.45) is 11.0. The van der Waals surface area contributed by atoms with Crippen LogP contribution in [-0.2, 0) is 11.3 Å². The number of carbonyl (C=O) groups is 1. The molecule has 3 heterocycles. The van der Waals surface area contributed by atoms with Gasteiger partial charge in [-0.3, -0.25) is 14.8 Å². The van der Waals surface area contributed by atoms with Crippen LogP contribution >= 0.6 is 0 Å². The summed E-state index contributed by atoms with van der Waals surface area (Å²) in [6.45, 7) is 0.542. The molecule has 0 saturated carbocycles. The highest BCUT2D eigenvalue weighted by Crippen LogP contribution is 2.17. The van der Waals surface area contributed by atoms with E-state index < -0.39 is 0 Å². The van der Waals surface area contributed by atoms with Crippen molar-refractivity contribution in [2.75, 3.05) is 0 Å². The van der Waals surface area contributed by atoms with Crippen molar-refractivity contribution < 1.29 is 9.90 Å².